The minimum atomic E-state index is -3.44. The van der Waals surface area contributed by atoms with Crippen LogP contribution in [0.1, 0.15) is 19.7 Å². The summed E-state index contributed by atoms with van der Waals surface area (Å²) in [6.07, 6.45) is 1.39. The molecule has 0 saturated carbocycles. The predicted molar refractivity (Wildman–Crippen MR) is 76.6 cm³/mol. The van der Waals surface area contributed by atoms with Crippen molar-refractivity contribution in [2.24, 2.45) is 5.92 Å². The van der Waals surface area contributed by atoms with Crippen molar-refractivity contribution in [3.8, 4) is 0 Å². The molecule has 20 heavy (non-hydrogen) atoms. The highest BCUT2D eigenvalue weighted by Crippen LogP contribution is 2.17. The number of nitrogen functional groups attached to an aromatic ring is 1. The predicted octanol–water partition coefficient (Wildman–Crippen LogP) is 1.49. The maximum Gasteiger partial charge on any atom is 0.185 e. The van der Waals surface area contributed by atoms with E-state index in [0.29, 0.717) is 24.0 Å². The van der Waals surface area contributed by atoms with Gasteiger partial charge in [-0.25, -0.2) is 18.1 Å². The van der Waals surface area contributed by atoms with Crippen LogP contribution in [0.25, 0.3) is 0 Å². The van der Waals surface area contributed by atoms with Crippen LogP contribution in [0, 0.1) is 5.92 Å². The molecule has 0 aliphatic rings. The van der Waals surface area contributed by atoms with Crippen molar-refractivity contribution in [3.05, 3.63) is 36.4 Å². The molecule has 1 heterocycles. The highest BCUT2D eigenvalue weighted by molar-refractivity contribution is 7.90. The molecule has 6 nitrogen and oxygen atoms in total. The molecule has 0 aliphatic heterocycles. The highest BCUT2D eigenvalue weighted by atomic mass is 32.2. The summed E-state index contributed by atoms with van der Waals surface area (Å²) in [7, 11) is -3.44. The van der Waals surface area contributed by atoms with Gasteiger partial charge in [-0.2, -0.15) is 5.10 Å². The van der Waals surface area contributed by atoms with Gasteiger partial charge in [0.1, 0.15) is 17.9 Å². The second kappa shape index (κ2) is 5.62. The number of sulfone groups is 1. The fourth-order valence-corrected chi connectivity index (χ4v) is 3.11. The van der Waals surface area contributed by atoms with Crippen molar-refractivity contribution in [3.63, 3.8) is 0 Å². The standard InChI is InChI=1S/C13H18N4O2S/c1-10(2)7-17-13(15-9-16-17)8-20(18,19)12-5-3-11(14)4-6-12/h3-6,9-10H,7-8,14H2,1-2H3. The Kier molecular flexibility index (Phi) is 4.08. The van der Waals surface area contributed by atoms with E-state index in [-0.39, 0.29) is 10.6 Å². The number of aromatic nitrogens is 3. The van der Waals surface area contributed by atoms with E-state index in [1.165, 1.54) is 18.5 Å². The lowest BCUT2D eigenvalue weighted by molar-refractivity contribution is 0.470. The number of benzene rings is 1. The molecule has 0 fully saturated rings. The van der Waals surface area contributed by atoms with Crippen LogP contribution in [0.5, 0.6) is 0 Å². The molecule has 1 aromatic carbocycles. The summed E-state index contributed by atoms with van der Waals surface area (Å²) < 4.78 is 26.3. The fourth-order valence-electron chi connectivity index (χ4n) is 1.83. The summed E-state index contributed by atoms with van der Waals surface area (Å²) in [6, 6.07) is 6.17. The van der Waals surface area contributed by atoms with Gasteiger partial charge < -0.3 is 5.73 Å². The second-order valence-corrected chi connectivity index (χ2v) is 7.07. The van der Waals surface area contributed by atoms with Crippen LogP contribution >= 0.6 is 0 Å². The van der Waals surface area contributed by atoms with Crippen LogP contribution < -0.4 is 5.73 Å². The SMILES string of the molecule is CC(C)Cn1ncnc1CS(=O)(=O)c1ccc(N)cc1. The van der Waals surface area contributed by atoms with Gasteiger partial charge in [0.15, 0.2) is 9.84 Å². The van der Waals surface area contributed by atoms with Crippen LogP contribution in [0.3, 0.4) is 0 Å². The third-order valence-corrected chi connectivity index (χ3v) is 4.42. The zero-order valence-corrected chi connectivity index (χ0v) is 12.3. The summed E-state index contributed by atoms with van der Waals surface area (Å²) in [4.78, 5) is 4.29. The van der Waals surface area contributed by atoms with E-state index in [0.717, 1.165) is 0 Å². The van der Waals surface area contributed by atoms with Crippen molar-refractivity contribution in [2.75, 3.05) is 5.73 Å². The third kappa shape index (κ3) is 3.36. The first-order valence-electron chi connectivity index (χ1n) is 6.33. The van der Waals surface area contributed by atoms with Crippen LogP contribution in [0.15, 0.2) is 35.5 Å². The van der Waals surface area contributed by atoms with E-state index >= 15 is 0 Å². The third-order valence-electron chi connectivity index (χ3n) is 2.79. The Labute approximate surface area is 118 Å². The van der Waals surface area contributed by atoms with Crippen LogP contribution in [-0.4, -0.2) is 23.2 Å². The normalized spacial score (nSPS) is 11.9. The fraction of sp³-hybridized carbons (Fsp3) is 0.385. The monoisotopic (exact) mass is 294 g/mol. The molecule has 1 aromatic heterocycles. The Morgan fingerprint density at radius 3 is 2.50 bits per heavy atom. The molecule has 7 heteroatoms. The molecule has 2 N–H and O–H groups in total. The molecular formula is C13H18N4O2S. The molecule has 0 saturated heterocycles. The van der Waals surface area contributed by atoms with E-state index in [9.17, 15) is 8.42 Å². The second-order valence-electron chi connectivity index (χ2n) is 5.08. The minimum absolute atomic E-state index is 0.163. The van der Waals surface area contributed by atoms with Gasteiger partial charge in [0, 0.05) is 12.2 Å². The molecule has 2 rings (SSSR count). The lowest BCUT2D eigenvalue weighted by Crippen LogP contribution is -2.14. The van der Waals surface area contributed by atoms with Gasteiger partial charge in [0.25, 0.3) is 0 Å². The number of hydrogen-bond donors (Lipinski definition) is 1. The molecular weight excluding hydrogens is 276 g/mol. The molecule has 108 valence electrons. The van der Waals surface area contributed by atoms with E-state index < -0.39 is 9.84 Å². The van der Waals surface area contributed by atoms with E-state index in [4.69, 9.17) is 5.73 Å². The first-order chi connectivity index (χ1) is 9.38. The smallest absolute Gasteiger partial charge is 0.185 e. The molecule has 0 atom stereocenters. The Bertz CT molecular complexity index is 675. The van der Waals surface area contributed by atoms with E-state index in [1.807, 2.05) is 13.8 Å². The van der Waals surface area contributed by atoms with E-state index in [2.05, 4.69) is 10.1 Å². The maximum atomic E-state index is 12.3. The van der Waals surface area contributed by atoms with Gasteiger partial charge in [-0.3, -0.25) is 0 Å². The maximum absolute atomic E-state index is 12.3. The zero-order valence-electron chi connectivity index (χ0n) is 11.5. The van der Waals surface area contributed by atoms with Crippen molar-refractivity contribution >= 4 is 15.5 Å². The largest absolute Gasteiger partial charge is 0.399 e. The summed E-state index contributed by atoms with van der Waals surface area (Å²) in [5.74, 6) is 0.661. The van der Waals surface area contributed by atoms with Gasteiger partial charge in [0.05, 0.1) is 4.90 Å². The minimum Gasteiger partial charge on any atom is -0.399 e. The molecule has 2 aromatic rings. The Balaban J connectivity index is 2.24. The Morgan fingerprint density at radius 2 is 1.90 bits per heavy atom. The number of hydrogen-bond acceptors (Lipinski definition) is 5. The lowest BCUT2D eigenvalue weighted by Gasteiger charge is -2.09. The van der Waals surface area contributed by atoms with Crippen molar-refractivity contribution in [2.45, 2.75) is 31.0 Å². The summed E-state index contributed by atoms with van der Waals surface area (Å²) >= 11 is 0. The highest BCUT2D eigenvalue weighted by Gasteiger charge is 2.19. The average Bonchev–Trinajstić information content (AvgIpc) is 2.75. The summed E-state index contributed by atoms with van der Waals surface area (Å²) in [5.41, 5.74) is 6.10. The number of anilines is 1. The van der Waals surface area contributed by atoms with Crippen LogP contribution in [0.4, 0.5) is 5.69 Å². The van der Waals surface area contributed by atoms with Gasteiger partial charge >= 0.3 is 0 Å². The molecule has 0 spiro atoms. The molecule has 0 aliphatic carbocycles. The molecule has 0 bridgehead atoms. The molecule has 0 radical (unpaired) electrons. The van der Waals surface area contributed by atoms with Gasteiger partial charge in [0.2, 0.25) is 0 Å². The Hall–Kier alpha value is -1.89. The average molecular weight is 294 g/mol. The molecule has 0 amide bonds. The van der Waals surface area contributed by atoms with Gasteiger partial charge in [-0.1, -0.05) is 13.8 Å². The first-order valence-corrected chi connectivity index (χ1v) is 7.98. The number of nitrogens with two attached hydrogens (primary N) is 1. The Morgan fingerprint density at radius 1 is 1.25 bits per heavy atom. The number of nitrogens with zero attached hydrogens (tertiary/aromatic N) is 3. The first kappa shape index (κ1) is 14.5. The van der Waals surface area contributed by atoms with Crippen LogP contribution in [-0.2, 0) is 22.1 Å². The van der Waals surface area contributed by atoms with Gasteiger partial charge in [-0.15, -0.1) is 0 Å². The van der Waals surface area contributed by atoms with E-state index in [1.54, 1.807) is 16.8 Å². The summed E-state index contributed by atoms with van der Waals surface area (Å²) in [5, 5.41) is 4.07. The quantitative estimate of drug-likeness (QED) is 0.844. The lowest BCUT2D eigenvalue weighted by atomic mass is 10.2. The number of rotatable bonds is 5. The van der Waals surface area contributed by atoms with Crippen molar-refractivity contribution < 1.29 is 8.42 Å². The topological polar surface area (TPSA) is 90.9 Å². The van der Waals surface area contributed by atoms with Gasteiger partial charge in [-0.05, 0) is 30.2 Å². The van der Waals surface area contributed by atoms with Crippen LogP contribution in [0.2, 0.25) is 0 Å². The van der Waals surface area contributed by atoms with Crippen molar-refractivity contribution in [1.82, 2.24) is 14.8 Å². The molecule has 0 unspecified atom stereocenters. The van der Waals surface area contributed by atoms with Crippen molar-refractivity contribution in [1.29, 1.82) is 0 Å². The summed E-state index contributed by atoms with van der Waals surface area (Å²) in [6.45, 7) is 4.73. The zero-order chi connectivity index (χ0) is 14.8.